The molecule has 0 aliphatic carbocycles. The number of hydrogen-bond donors (Lipinski definition) is 0. The molecule has 1 aromatic heterocycles. The molecule has 0 unspecified atom stereocenters. The molecule has 2 heterocycles. The van der Waals surface area contributed by atoms with Crippen LogP contribution in [0.3, 0.4) is 0 Å². The molecule has 0 N–H and O–H groups in total. The summed E-state index contributed by atoms with van der Waals surface area (Å²) >= 11 is 0. The van der Waals surface area contributed by atoms with Crippen LogP contribution in [-0.4, -0.2) is 62.0 Å². The van der Waals surface area contributed by atoms with Crippen molar-refractivity contribution in [3.05, 3.63) is 52.8 Å². The second-order valence-corrected chi connectivity index (χ2v) is 9.78. The standard InChI is InChI=1S/C23H30N2O6S/c1-5-25-17(3)21(16(2)22(25)23(27)30-4)20(26)15-24(14-18-10-9-13-31-18)32(28,29)19-11-7-6-8-12-19/h6-8,11-12,18H,5,9-10,13-15H2,1-4H3/t18-/m1/s1. The van der Waals surface area contributed by atoms with E-state index in [1.165, 1.54) is 23.5 Å². The van der Waals surface area contributed by atoms with Crippen molar-refractivity contribution in [2.24, 2.45) is 0 Å². The summed E-state index contributed by atoms with van der Waals surface area (Å²) in [5.41, 5.74) is 1.78. The van der Waals surface area contributed by atoms with Gasteiger partial charge in [-0.1, -0.05) is 18.2 Å². The second-order valence-electron chi connectivity index (χ2n) is 7.84. The molecule has 2 aromatic rings. The van der Waals surface area contributed by atoms with Gasteiger partial charge in [0.25, 0.3) is 0 Å². The zero-order valence-electron chi connectivity index (χ0n) is 19.0. The molecule has 1 fully saturated rings. The fraction of sp³-hybridized carbons (Fsp3) is 0.478. The van der Waals surface area contributed by atoms with Crippen molar-refractivity contribution in [2.75, 3.05) is 26.8 Å². The maximum atomic E-state index is 13.4. The molecule has 1 aliphatic heterocycles. The number of ketones is 1. The summed E-state index contributed by atoms with van der Waals surface area (Å²) in [7, 11) is -2.62. The molecule has 1 saturated heterocycles. The van der Waals surface area contributed by atoms with E-state index < -0.39 is 16.0 Å². The predicted molar refractivity (Wildman–Crippen MR) is 119 cm³/mol. The van der Waals surface area contributed by atoms with Gasteiger partial charge in [0.1, 0.15) is 5.69 Å². The molecule has 0 amide bonds. The Labute approximate surface area is 189 Å². The first-order valence-corrected chi connectivity index (χ1v) is 12.1. The van der Waals surface area contributed by atoms with E-state index in [9.17, 15) is 18.0 Å². The molecule has 32 heavy (non-hydrogen) atoms. The van der Waals surface area contributed by atoms with Crippen LogP contribution in [0.2, 0.25) is 0 Å². The molecule has 1 aliphatic rings. The highest BCUT2D eigenvalue weighted by molar-refractivity contribution is 7.89. The number of carbonyl (C=O) groups excluding carboxylic acids is 2. The van der Waals surface area contributed by atoms with Crippen LogP contribution in [0, 0.1) is 13.8 Å². The minimum atomic E-state index is -3.91. The zero-order valence-corrected chi connectivity index (χ0v) is 19.8. The van der Waals surface area contributed by atoms with Crippen LogP contribution in [0.25, 0.3) is 0 Å². The van der Waals surface area contributed by atoms with Gasteiger partial charge in [-0.05, 0) is 51.3 Å². The monoisotopic (exact) mass is 462 g/mol. The van der Waals surface area contributed by atoms with E-state index >= 15 is 0 Å². The highest BCUT2D eigenvalue weighted by Crippen LogP contribution is 2.26. The van der Waals surface area contributed by atoms with E-state index in [4.69, 9.17) is 9.47 Å². The van der Waals surface area contributed by atoms with Gasteiger partial charge in [0.2, 0.25) is 10.0 Å². The summed E-state index contributed by atoms with van der Waals surface area (Å²) in [5.74, 6) is -0.894. The third-order valence-corrected chi connectivity index (χ3v) is 7.70. The summed E-state index contributed by atoms with van der Waals surface area (Å²) < 4.78 is 40.2. The molecule has 9 heteroatoms. The normalized spacial score (nSPS) is 16.5. The van der Waals surface area contributed by atoms with E-state index in [2.05, 4.69) is 0 Å². The first kappa shape index (κ1) is 24.2. The van der Waals surface area contributed by atoms with E-state index in [1.807, 2.05) is 6.92 Å². The van der Waals surface area contributed by atoms with E-state index in [1.54, 1.807) is 36.6 Å². The number of Topliss-reactive ketones (excluding diaryl/α,β-unsaturated/α-hetero) is 1. The van der Waals surface area contributed by atoms with Gasteiger partial charge < -0.3 is 14.0 Å². The third kappa shape index (κ3) is 4.65. The van der Waals surface area contributed by atoms with Gasteiger partial charge in [0.05, 0.1) is 24.7 Å². The van der Waals surface area contributed by atoms with Crippen molar-refractivity contribution in [2.45, 2.75) is 51.2 Å². The average molecular weight is 463 g/mol. The van der Waals surface area contributed by atoms with Crippen molar-refractivity contribution >= 4 is 21.8 Å². The van der Waals surface area contributed by atoms with Gasteiger partial charge in [-0.3, -0.25) is 4.79 Å². The Bertz CT molecular complexity index is 1090. The van der Waals surface area contributed by atoms with Crippen LogP contribution in [0.4, 0.5) is 0 Å². The average Bonchev–Trinajstić information content (AvgIpc) is 3.38. The quantitative estimate of drug-likeness (QED) is 0.420. The lowest BCUT2D eigenvalue weighted by molar-refractivity contribution is 0.0587. The van der Waals surface area contributed by atoms with Crippen molar-refractivity contribution < 1.29 is 27.5 Å². The first-order chi connectivity index (χ1) is 15.2. The lowest BCUT2D eigenvalue weighted by Crippen LogP contribution is -2.41. The predicted octanol–water partition coefficient (Wildman–Crippen LogP) is 2.96. The SMILES string of the molecule is CCn1c(C)c(C(=O)CN(C[C@H]2CCCO2)S(=O)(=O)c2ccccc2)c(C)c1C(=O)OC. The summed E-state index contributed by atoms with van der Waals surface area (Å²) in [4.78, 5) is 25.9. The van der Waals surface area contributed by atoms with E-state index in [0.29, 0.717) is 35.7 Å². The van der Waals surface area contributed by atoms with Gasteiger partial charge in [-0.25, -0.2) is 13.2 Å². The Morgan fingerprint density at radius 2 is 1.91 bits per heavy atom. The van der Waals surface area contributed by atoms with Gasteiger partial charge in [-0.2, -0.15) is 4.31 Å². The van der Waals surface area contributed by atoms with Crippen LogP contribution in [0.15, 0.2) is 35.2 Å². The smallest absolute Gasteiger partial charge is 0.354 e. The molecule has 0 radical (unpaired) electrons. The summed E-state index contributed by atoms with van der Waals surface area (Å²) in [6.45, 7) is 6.13. The second kappa shape index (κ2) is 9.97. The number of sulfonamides is 1. The zero-order chi connectivity index (χ0) is 23.5. The molecular formula is C23H30N2O6S. The molecule has 0 bridgehead atoms. The molecular weight excluding hydrogens is 432 g/mol. The fourth-order valence-electron chi connectivity index (χ4n) is 4.30. The van der Waals surface area contributed by atoms with Crippen molar-refractivity contribution in [3.63, 3.8) is 0 Å². The number of ether oxygens (including phenoxy) is 2. The summed E-state index contributed by atoms with van der Waals surface area (Å²) in [6, 6.07) is 8.07. The number of hydrogen-bond acceptors (Lipinski definition) is 6. The number of methoxy groups -OCH3 is 1. The highest BCUT2D eigenvalue weighted by atomic mass is 32.2. The number of benzene rings is 1. The largest absolute Gasteiger partial charge is 0.464 e. The minimum absolute atomic E-state index is 0.0966. The molecule has 0 spiro atoms. The Balaban J connectivity index is 1.99. The Morgan fingerprint density at radius 3 is 2.47 bits per heavy atom. The lowest BCUT2D eigenvalue weighted by atomic mass is 10.1. The number of nitrogens with zero attached hydrogens (tertiary/aromatic N) is 2. The van der Waals surface area contributed by atoms with Crippen molar-refractivity contribution in [1.82, 2.24) is 8.87 Å². The molecule has 174 valence electrons. The van der Waals surface area contributed by atoms with Crippen molar-refractivity contribution in [1.29, 1.82) is 0 Å². The number of esters is 1. The van der Waals surface area contributed by atoms with Gasteiger partial charge in [-0.15, -0.1) is 0 Å². The molecule has 0 saturated carbocycles. The number of aromatic nitrogens is 1. The molecule has 1 aromatic carbocycles. The Morgan fingerprint density at radius 1 is 1.22 bits per heavy atom. The van der Waals surface area contributed by atoms with Crippen LogP contribution < -0.4 is 0 Å². The molecule has 1 atom stereocenters. The summed E-state index contributed by atoms with van der Waals surface area (Å²) in [6.07, 6.45) is 1.35. The number of carbonyl (C=O) groups is 2. The van der Waals surface area contributed by atoms with Crippen LogP contribution in [0.1, 0.15) is 51.9 Å². The lowest BCUT2D eigenvalue weighted by Gasteiger charge is -2.24. The van der Waals surface area contributed by atoms with Crippen LogP contribution in [-0.2, 0) is 26.0 Å². The molecule has 3 rings (SSSR count). The maximum Gasteiger partial charge on any atom is 0.354 e. The third-order valence-electron chi connectivity index (χ3n) is 5.87. The first-order valence-electron chi connectivity index (χ1n) is 10.7. The van der Waals surface area contributed by atoms with E-state index in [0.717, 1.165) is 12.8 Å². The van der Waals surface area contributed by atoms with Gasteiger partial charge in [0, 0.05) is 31.0 Å². The summed E-state index contributed by atoms with van der Waals surface area (Å²) in [5, 5.41) is 0. The topological polar surface area (TPSA) is 94.9 Å². The van der Waals surface area contributed by atoms with E-state index in [-0.39, 0.29) is 29.9 Å². The minimum Gasteiger partial charge on any atom is -0.464 e. The molecule has 8 nitrogen and oxygen atoms in total. The van der Waals surface area contributed by atoms with Gasteiger partial charge >= 0.3 is 5.97 Å². The van der Waals surface area contributed by atoms with Crippen LogP contribution >= 0.6 is 0 Å². The van der Waals surface area contributed by atoms with Gasteiger partial charge in [0.15, 0.2) is 5.78 Å². The number of rotatable bonds is 9. The van der Waals surface area contributed by atoms with Crippen LogP contribution in [0.5, 0.6) is 0 Å². The van der Waals surface area contributed by atoms with Crippen molar-refractivity contribution in [3.8, 4) is 0 Å². The maximum absolute atomic E-state index is 13.4. The Hall–Kier alpha value is -2.49. The highest BCUT2D eigenvalue weighted by Gasteiger charge is 2.33. The Kier molecular flexibility index (Phi) is 7.53. The fourth-order valence-corrected chi connectivity index (χ4v) is 5.75.